The van der Waals surface area contributed by atoms with E-state index in [-0.39, 0.29) is 24.6 Å². The summed E-state index contributed by atoms with van der Waals surface area (Å²) < 4.78 is 16.1. The van der Waals surface area contributed by atoms with Crippen LogP contribution >= 0.6 is 0 Å². The lowest BCUT2D eigenvalue weighted by molar-refractivity contribution is -0.154. The van der Waals surface area contributed by atoms with Crippen molar-refractivity contribution in [1.82, 2.24) is 0 Å². The van der Waals surface area contributed by atoms with Gasteiger partial charge in [-0.25, -0.2) is 0 Å². The molecule has 0 aromatic heterocycles. The second kappa shape index (κ2) is 6.52. The fourth-order valence-corrected chi connectivity index (χ4v) is 2.28. The third-order valence-corrected chi connectivity index (χ3v) is 3.14. The topological polar surface area (TPSA) is 61.8 Å². The van der Waals surface area contributed by atoms with Crippen LogP contribution in [-0.2, 0) is 23.8 Å². The van der Waals surface area contributed by atoms with Crippen LogP contribution in [0.4, 0.5) is 0 Å². The van der Waals surface area contributed by atoms with Gasteiger partial charge in [-0.3, -0.25) is 9.59 Å². The van der Waals surface area contributed by atoms with Crippen LogP contribution in [0.5, 0.6) is 0 Å². The molecule has 2 rings (SSSR count). The Morgan fingerprint density at radius 3 is 2.50 bits per heavy atom. The zero-order valence-corrected chi connectivity index (χ0v) is 11.6. The van der Waals surface area contributed by atoms with E-state index < -0.39 is 12.2 Å². The first-order chi connectivity index (χ1) is 9.56. The molecule has 0 aliphatic carbocycles. The molecule has 5 heteroatoms. The van der Waals surface area contributed by atoms with Crippen LogP contribution in [0.15, 0.2) is 30.3 Å². The van der Waals surface area contributed by atoms with Gasteiger partial charge in [-0.1, -0.05) is 30.3 Å². The van der Waals surface area contributed by atoms with Crippen LogP contribution in [0.1, 0.15) is 31.9 Å². The number of esters is 2. The van der Waals surface area contributed by atoms with Crippen LogP contribution < -0.4 is 0 Å². The Labute approximate surface area is 117 Å². The highest BCUT2D eigenvalue weighted by molar-refractivity contribution is 5.66. The first kappa shape index (κ1) is 14.5. The maximum atomic E-state index is 11.1. The Kier molecular flexibility index (Phi) is 4.74. The maximum absolute atomic E-state index is 11.1. The molecule has 0 amide bonds. The Morgan fingerprint density at radius 1 is 1.20 bits per heavy atom. The molecule has 3 atom stereocenters. The number of benzene rings is 1. The molecule has 5 nitrogen and oxygen atoms in total. The minimum atomic E-state index is -0.423. The highest BCUT2D eigenvalue weighted by Gasteiger charge is 2.38. The fourth-order valence-electron chi connectivity index (χ4n) is 2.28. The SMILES string of the molecule is CC(=O)OC[C@H]1OC(c2ccccc2)C[C@@H]1OC(C)=O. The molecule has 108 valence electrons. The van der Waals surface area contributed by atoms with Gasteiger partial charge in [0.2, 0.25) is 0 Å². The predicted molar refractivity (Wildman–Crippen MR) is 70.9 cm³/mol. The van der Waals surface area contributed by atoms with Crippen molar-refractivity contribution in [2.24, 2.45) is 0 Å². The summed E-state index contributed by atoms with van der Waals surface area (Å²) in [5.41, 5.74) is 1.02. The van der Waals surface area contributed by atoms with Gasteiger partial charge in [0.25, 0.3) is 0 Å². The molecular weight excluding hydrogens is 260 g/mol. The van der Waals surface area contributed by atoms with Gasteiger partial charge in [0.05, 0.1) is 6.10 Å². The number of hydrogen-bond acceptors (Lipinski definition) is 5. The second-order valence-corrected chi connectivity index (χ2v) is 4.76. The fraction of sp³-hybridized carbons (Fsp3) is 0.467. The zero-order valence-electron chi connectivity index (χ0n) is 11.6. The Hall–Kier alpha value is -1.88. The van der Waals surface area contributed by atoms with Gasteiger partial charge in [-0.05, 0) is 5.56 Å². The van der Waals surface area contributed by atoms with E-state index in [1.54, 1.807) is 0 Å². The second-order valence-electron chi connectivity index (χ2n) is 4.76. The largest absolute Gasteiger partial charge is 0.463 e. The molecule has 1 aliphatic heterocycles. The van der Waals surface area contributed by atoms with Crippen LogP contribution in [0.2, 0.25) is 0 Å². The van der Waals surface area contributed by atoms with E-state index in [1.807, 2.05) is 30.3 Å². The summed E-state index contributed by atoms with van der Waals surface area (Å²) >= 11 is 0. The quantitative estimate of drug-likeness (QED) is 0.788. The molecule has 1 aliphatic rings. The van der Waals surface area contributed by atoms with Crippen LogP contribution in [0, 0.1) is 0 Å². The van der Waals surface area contributed by atoms with E-state index in [9.17, 15) is 9.59 Å². The van der Waals surface area contributed by atoms with E-state index in [1.165, 1.54) is 13.8 Å². The molecule has 1 aromatic rings. The van der Waals surface area contributed by atoms with Crippen molar-refractivity contribution in [3.05, 3.63) is 35.9 Å². The summed E-state index contributed by atoms with van der Waals surface area (Å²) in [5.74, 6) is -0.738. The Balaban J connectivity index is 2.05. The lowest BCUT2D eigenvalue weighted by Gasteiger charge is -2.17. The van der Waals surface area contributed by atoms with Gasteiger partial charge in [-0.2, -0.15) is 0 Å². The van der Waals surface area contributed by atoms with E-state index in [0.29, 0.717) is 6.42 Å². The smallest absolute Gasteiger partial charge is 0.302 e. The van der Waals surface area contributed by atoms with Crippen molar-refractivity contribution in [1.29, 1.82) is 0 Å². The molecule has 1 aromatic carbocycles. The number of carbonyl (C=O) groups excluding carboxylic acids is 2. The summed E-state index contributed by atoms with van der Waals surface area (Å²) in [6.07, 6.45) is -0.402. The summed E-state index contributed by atoms with van der Waals surface area (Å²) in [7, 11) is 0. The number of rotatable bonds is 4. The minimum Gasteiger partial charge on any atom is -0.463 e. The highest BCUT2D eigenvalue weighted by Crippen LogP contribution is 2.34. The number of hydrogen-bond donors (Lipinski definition) is 0. The van der Waals surface area contributed by atoms with Gasteiger partial charge in [0.1, 0.15) is 18.8 Å². The monoisotopic (exact) mass is 278 g/mol. The summed E-state index contributed by atoms with van der Waals surface area (Å²) in [6.45, 7) is 2.79. The maximum Gasteiger partial charge on any atom is 0.302 e. The van der Waals surface area contributed by atoms with E-state index >= 15 is 0 Å². The van der Waals surface area contributed by atoms with Crippen LogP contribution in [0.25, 0.3) is 0 Å². The van der Waals surface area contributed by atoms with Crippen molar-refractivity contribution < 1.29 is 23.8 Å². The van der Waals surface area contributed by atoms with Crippen molar-refractivity contribution in [2.75, 3.05) is 6.61 Å². The molecule has 0 saturated carbocycles. The van der Waals surface area contributed by atoms with Crippen molar-refractivity contribution in [3.63, 3.8) is 0 Å². The summed E-state index contributed by atoms with van der Waals surface area (Å²) in [6, 6.07) is 9.71. The van der Waals surface area contributed by atoms with Gasteiger partial charge < -0.3 is 14.2 Å². The number of carbonyl (C=O) groups is 2. The molecule has 0 bridgehead atoms. The Morgan fingerprint density at radius 2 is 1.90 bits per heavy atom. The van der Waals surface area contributed by atoms with Crippen molar-refractivity contribution >= 4 is 11.9 Å². The van der Waals surface area contributed by atoms with Gasteiger partial charge in [0, 0.05) is 20.3 Å². The van der Waals surface area contributed by atoms with Crippen molar-refractivity contribution in [2.45, 2.75) is 38.6 Å². The average Bonchev–Trinajstić information content (AvgIpc) is 2.80. The molecule has 0 radical (unpaired) electrons. The molecule has 1 unspecified atom stereocenters. The highest BCUT2D eigenvalue weighted by atomic mass is 16.6. The Bertz CT molecular complexity index is 470. The third kappa shape index (κ3) is 3.81. The standard InChI is InChI=1S/C15H18O5/c1-10(16)18-9-15-14(19-11(2)17)8-13(20-15)12-6-4-3-5-7-12/h3-7,13-15H,8-9H2,1-2H3/t13?,14-,15+/m0/s1. The molecule has 1 saturated heterocycles. The normalized spacial score (nSPS) is 25.2. The first-order valence-corrected chi connectivity index (χ1v) is 6.57. The predicted octanol–water partition coefficient (Wildman–Crippen LogP) is 2.01. The third-order valence-electron chi connectivity index (χ3n) is 3.14. The summed E-state index contributed by atoms with van der Waals surface area (Å²) in [5, 5.41) is 0. The molecule has 1 heterocycles. The molecule has 0 spiro atoms. The van der Waals surface area contributed by atoms with Crippen LogP contribution in [0.3, 0.4) is 0 Å². The number of ether oxygens (including phenoxy) is 3. The van der Waals surface area contributed by atoms with Gasteiger partial charge >= 0.3 is 11.9 Å². The van der Waals surface area contributed by atoms with E-state index in [0.717, 1.165) is 5.56 Å². The molecule has 0 N–H and O–H groups in total. The van der Waals surface area contributed by atoms with Gasteiger partial charge in [-0.15, -0.1) is 0 Å². The van der Waals surface area contributed by atoms with Crippen molar-refractivity contribution in [3.8, 4) is 0 Å². The molecule has 20 heavy (non-hydrogen) atoms. The van der Waals surface area contributed by atoms with E-state index in [4.69, 9.17) is 14.2 Å². The molecule has 1 fully saturated rings. The molecular formula is C15H18O5. The van der Waals surface area contributed by atoms with E-state index in [2.05, 4.69) is 0 Å². The summed E-state index contributed by atoms with van der Waals surface area (Å²) in [4.78, 5) is 22.0. The average molecular weight is 278 g/mol. The van der Waals surface area contributed by atoms with Crippen LogP contribution in [-0.4, -0.2) is 30.8 Å². The zero-order chi connectivity index (χ0) is 14.5. The first-order valence-electron chi connectivity index (χ1n) is 6.57. The lowest BCUT2D eigenvalue weighted by Crippen LogP contribution is -2.31. The minimum absolute atomic E-state index is 0.0939. The lowest BCUT2D eigenvalue weighted by atomic mass is 10.0. The van der Waals surface area contributed by atoms with Gasteiger partial charge in [0.15, 0.2) is 0 Å².